The Labute approximate surface area is 110 Å². The van der Waals surface area contributed by atoms with Crippen molar-refractivity contribution < 1.29 is 4.74 Å². The van der Waals surface area contributed by atoms with Gasteiger partial charge in [0.1, 0.15) is 6.10 Å². The van der Waals surface area contributed by atoms with E-state index in [0.717, 1.165) is 24.7 Å². The average Bonchev–Trinajstić information content (AvgIpc) is 2.22. The van der Waals surface area contributed by atoms with Crippen LogP contribution in [-0.4, -0.2) is 17.6 Å². The van der Waals surface area contributed by atoms with Crippen LogP contribution < -0.4 is 10.1 Å². The second kappa shape index (κ2) is 6.19. The van der Waals surface area contributed by atoms with Gasteiger partial charge in [0, 0.05) is 18.3 Å². The maximum atomic E-state index is 5.86. The molecule has 1 N–H and O–H groups in total. The number of nitrogens with zero attached hydrogens (tertiary/aromatic N) is 1. The van der Waals surface area contributed by atoms with E-state index in [9.17, 15) is 0 Å². The summed E-state index contributed by atoms with van der Waals surface area (Å²) in [6.07, 6.45) is 4.04. The molecule has 100 valence electrons. The third kappa shape index (κ3) is 3.98. The van der Waals surface area contributed by atoms with Gasteiger partial charge in [0.05, 0.1) is 0 Å². The Hall–Kier alpha value is -1.09. The van der Waals surface area contributed by atoms with Crippen LogP contribution in [0.15, 0.2) is 12.1 Å². The molecule has 0 unspecified atom stereocenters. The Kier molecular flexibility index (Phi) is 4.59. The molecule has 0 bridgehead atoms. The molecule has 2 rings (SSSR count). The lowest BCUT2D eigenvalue weighted by Gasteiger charge is -2.26. The molecule has 0 aliphatic heterocycles. The van der Waals surface area contributed by atoms with Crippen molar-refractivity contribution in [3.05, 3.63) is 23.4 Å². The van der Waals surface area contributed by atoms with Crippen molar-refractivity contribution in [2.75, 3.05) is 6.54 Å². The fraction of sp³-hybridized carbons (Fsp3) is 0.667. The molecule has 18 heavy (non-hydrogen) atoms. The summed E-state index contributed by atoms with van der Waals surface area (Å²) >= 11 is 0. The van der Waals surface area contributed by atoms with Crippen LogP contribution >= 0.6 is 0 Å². The molecular weight excluding hydrogens is 224 g/mol. The average molecular weight is 248 g/mol. The highest BCUT2D eigenvalue weighted by atomic mass is 16.5. The first-order valence-electron chi connectivity index (χ1n) is 6.98. The zero-order valence-electron chi connectivity index (χ0n) is 11.7. The molecule has 1 aromatic heterocycles. The van der Waals surface area contributed by atoms with Gasteiger partial charge in [-0.15, -0.1) is 0 Å². The van der Waals surface area contributed by atoms with Crippen molar-refractivity contribution in [2.24, 2.45) is 5.92 Å². The third-order valence-corrected chi connectivity index (χ3v) is 3.21. The Bertz CT molecular complexity index is 386. The highest BCUT2D eigenvalue weighted by Crippen LogP contribution is 2.24. The number of rotatable bonds is 6. The van der Waals surface area contributed by atoms with E-state index in [2.05, 4.69) is 36.3 Å². The van der Waals surface area contributed by atoms with E-state index in [1.807, 2.05) is 6.92 Å². The van der Waals surface area contributed by atoms with Crippen molar-refractivity contribution in [3.63, 3.8) is 0 Å². The zero-order chi connectivity index (χ0) is 13.0. The van der Waals surface area contributed by atoms with E-state index in [-0.39, 0.29) is 0 Å². The minimum atomic E-state index is 0.399. The van der Waals surface area contributed by atoms with Crippen molar-refractivity contribution in [1.29, 1.82) is 0 Å². The normalized spacial score (nSPS) is 15.8. The van der Waals surface area contributed by atoms with Crippen LogP contribution in [0.25, 0.3) is 0 Å². The van der Waals surface area contributed by atoms with Crippen LogP contribution in [0.4, 0.5) is 0 Å². The Balaban J connectivity index is 1.92. The smallest absolute Gasteiger partial charge is 0.214 e. The molecule has 0 radical (unpaired) electrons. The Morgan fingerprint density at radius 3 is 2.78 bits per heavy atom. The van der Waals surface area contributed by atoms with E-state index < -0.39 is 0 Å². The van der Waals surface area contributed by atoms with Gasteiger partial charge in [0.15, 0.2) is 0 Å². The van der Waals surface area contributed by atoms with E-state index in [0.29, 0.717) is 12.0 Å². The Morgan fingerprint density at radius 2 is 2.17 bits per heavy atom. The number of aryl methyl sites for hydroxylation is 1. The molecule has 0 spiro atoms. The summed E-state index contributed by atoms with van der Waals surface area (Å²) in [5, 5.41) is 3.45. The van der Waals surface area contributed by atoms with Gasteiger partial charge >= 0.3 is 0 Å². The predicted molar refractivity (Wildman–Crippen MR) is 73.8 cm³/mol. The molecule has 0 saturated heterocycles. The van der Waals surface area contributed by atoms with Gasteiger partial charge in [0.25, 0.3) is 0 Å². The van der Waals surface area contributed by atoms with Gasteiger partial charge in [-0.1, -0.05) is 13.8 Å². The quantitative estimate of drug-likeness (QED) is 0.840. The summed E-state index contributed by atoms with van der Waals surface area (Å²) in [7, 11) is 0. The van der Waals surface area contributed by atoms with E-state index in [1.165, 1.54) is 24.8 Å². The zero-order valence-corrected chi connectivity index (χ0v) is 11.7. The van der Waals surface area contributed by atoms with E-state index in [1.54, 1.807) is 0 Å². The molecule has 0 aromatic carbocycles. The van der Waals surface area contributed by atoms with E-state index >= 15 is 0 Å². The molecule has 1 aromatic rings. The summed E-state index contributed by atoms with van der Waals surface area (Å²) in [6.45, 7) is 8.40. The maximum Gasteiger partial charge on any atom is 0.214 e. The highest BCUT2D eigenvalue weighted by Gasteiger charge is 2.19. The van der Waals surface area contributed by atoms with Crippen LogP contribution in [0.1, 0.15) is 44.4 Å². The van der Waals surface area contributed by atoms with Gasteiger partial charge < -0.3 is 10.1 Å². The fourth-order valence-corrected chi connectivity index (χ4v) is 2.03. The van der Waals surface area contributed by atoms with Gasteiger partial charge in [-0.25, -0.2) is 4.98 Å². The lowest BCUT2D eigenvalue weighted by molar-refractivity contribution is 0.114. The first-order chi connectivity index (χ1) is 8.63. The van der Waals surface area contributed by atoms with Crippen LogP contribution in [-0.2, 0) is 6.54 Å². The highest BCUT2D eigenvalue weighted by molar-refractivity contribution is 5.24. The van der Waals surface area contributed by atoms with Gasteiger partial charge in [0.2, 0.25) is 5.88 Å². The predicted octanol–water partition coefficient (Wildman–Crippen LogP) is 3.07. The largest absolute Gasteiger partial charge is 0.474 e. The number of pyridine rings is 1. The summed E-state index contributed by atoms with van der Waals surface area (Å²) in [5.74, 6) is 1.47. The molecule has 1 heterocycles. The summed E-state index contributed by atoms with van der Waals surface area (Å²) < 4.78 is 5.86. The van der Waals surface area contributed by atoms with Gasteiger partial charge in [-0.3, -0.25) is 0 Å². The maximum absolute atomic E-state index is 5.86. The molecule has 1 fully saturated rings. The van der Waals surface area contributed by atoms with Crippen molar-refractivity contribution in [3.8, 4) is 5.88 Å². The lowest BCUT2D eigenvalue weighted by Crippen LogP contribution is -2.25. The van der Waals surface area contributed by atoms with E-state index in [4.69, 9.17) is 4.74 Å². The van der Waals surface area contributed by atoms with Crippen LogP contribution in [0.5, 0.6) is 5.88 Å². The second-order valence-electron chi connectivity index (χ2n) is 5.65. The Morgan fingerprint density at radius 1 is 1.39 bits per heavy atom. The summed E-state index contributed by atoms with van der Waals surface area (Å²) in [6, 6.07) is 4.19. The first-order valence-corrected chi connectivity index (χ1v) is 6.98. The van der Waals surface area contributed by atoms with Crippen LogP contribution in [0.2, 0.25) is 0 Å². The minimum absolute atomic E-state index is 0.399. The van der Waals surface area contributed by atoms with Crippen molar-refractivity contribution >= 4 is 0 Å². The number of hydrogen-bond acceptors (Lipinski definition) is 3. The molecule has 1 aliphatic carbocycles. The lowest BCUT2D eigenvalue weighted by atomic mass is 9.96. The third-order valence-electron chi connectivity index (χ3n) is 3.21. The van der Waals surface area contributed by atoms with Crippen LogP contribution in [0, 0.1) is 12.8 Å². The van der Waals surface area contributed by atoms with Crippen molar-refractivity contribution in [2.45, 2.75) is 52.7 Å². The van der Waals surface area contributed by atoms with Crippen LogP contribution in [0.3, 0.4) is 0 Å². The van der Waals surface area contributed by atoms with Gasteiger partial charge in [-0.2, -0.15) is 0 Å². The minimum Gasteiger partial charge on any atom is -0.474 e. The molecule has 0 atom stereocenters. The molecule has 0 amide bonds. The fourth-order valence-electron chi connectivity index (χ4n) is 2.03. The summed E-state index contributed by atoms with van der Waals surface area (Å²) in [4.78, 5) is 4.45. The SMILES string of the molecule is Cc1cc(CNCC(C)C)cc(OC2CCC2)n1. The second-order valence-corrected chi connectivity index (χ2v) is 5.65. The molecule has 3 heteroatoms. The van der Waals surface area contributed by atoms with Gasteiger partial charge in [-0.05, 0) is 50.3 Å². The molecule has 1 aliphatic rings. The summed E-state index contributed by atoms with van der Waals surface area (Å²) in [5.41, 5.74) is 2.30. The molecule has 1 saturated carbocycles. The molecular formula is C15H24N2O. The number of nitrogens with one attached hydrogen (secondary N) is 1. The monoisotopic (exact) mass is 248 g/mol. The number of aromatic nitrogens is 1. The standard InChI is InChI=1S/C15H24N2O/c1-11(2)9-16-10-13-7-12(3)17-15(8-13)18-14-5-4-6-14/h7-8,11,14,16H,4-6,9-10H2,1-3H3. The topological polar surface area (TPSA) is 34.1 Å². The first kappa shape index (κ1) is 13.3. The van der Waals surface area contributed by atoms with Crippen molar-refractivity contribution in [1.82, 2.24) is 10.3 Å². The molecule has 3 nitrogen and oxygen atoms in total. The number of ether oxygens (including phenoxy) is 1. The number of hydrogen-bond donors (Lipinski definition) is 1.